The minimum absolute atomic E-state index is 0. The van der Waals surface area contributed by atoms with E-state index in [1.807, 2.05) is 0 Å². The fourth-order valence-corrected chi connectivity index (χ4v) is 0.392. The number of hydrogen-bond donors (Lipinski definition) is 1. The monoisotopic (exact) mass is 235 g/mol. The number of hydrogen-bond acceptors (Lipinski definition) is 1. The first-order valence-corrected chi connectivity index (χ1v) is 2.58. The normalized spacial score (nSPS) is 13.8. The highest BCUT2D eigenvalue weighted by Gasteiger charge is 2.71. The summed E-state index contributed by atoms with van der Waals surface area (Å²) in [6.07, 6.45) is -12.1. The molecule has 2 N–H and O–H groups in total. The van der Waals surface area contributed by atoms with Crippen LogP contribution in [0.2, 0.25) is 0 Å². The molecule has 0 aromatic heterocycles. The van der Waals surface area contributed by atoms with Crippen molar-refractivity contribution in [2.45, 2.75) is 18.0 Å². The van der Waals surface area contributed by atoms with Gasteiger partial charge in [-0.1, -0.05) is 0 Å². The van der Waals surface area contributed by atoms with Crippen molar-refractivity contribution in [3.05, 3.63) is 0 Å². The largest absolute Gasteiger partial charge is 0.432 e. The standard InChI is InChI=1S/C4H4F7N.ClH/c5-2(1-12,3(6,7)8)4(9,10)11;/h1,12H2;1H. The van der Waals surface area contributed by atoms with E-state index < -0.39 is 24.6 Å². The lowest BCUT2D eigenvalue weighted by atomic mass is 10.1. The molecule has 82 valence electrons. The summed E-state index contributed by atoms with van der Waals surface area (Å²) in [4.78, 5) is 0. The van der Waals surface area contributed by atoms with Crippen molar-refractivity contribution in [3.63, 3.8) is 0 Å². The fraction of sp³-hybridized carbons (Fsp3) is 1.00. The van der Waals surface area contributed by atoms with Crippen LogP contribution in [0.4, 0.5) is 30.7 Å². The molecule has 13 heavy (non-hydrogen) atoms. The van der Waals surface area contributed by atoms with Crippen LogP contribution in [0, 0.1) is 0 Å². The molecule has 0 spiro atoms. The Morgan fingerprint density at radius 3 is 1.00 bits per heavy atom. The van der Waals surface area contributed by atoms with E-state index in [0.717, 1.165) is 0 Å². The molecule has 0 heterocycles. The molecule has 0 unspecified atom stereocenters. The summed E-state index contributed by atoms with van der Waals surface area (Å²) in [5, 5.41) is 0. The summed E-state index contributed by atoms with van der Waals surface area (Å²) in [7, 11) is 0. The van der Waals surface area contributed by atoms with E-state index >= 15 is 0 Å². The lowest BCUT2D eigenvalue weighted by molar-refractivity contribution is -0.337. The Morgan fingerprint density at radius 2 is 1.00 bits per heavy atom. The number of nitrogens with two attached hydrogens (primary N) is 1. The van der Waals surface area contributed by atoms with Crippen molar-refractivity contribution < 1.29 is 30.7 Å². The van der Waals surface area contributed by atoms with E-state index in [1.54, 1.807) is 0 Å². The van der Waals surface area contributed by atoms with E-state index in [9.17, 15) is 30.7 Å². The molecule has 0 aliphatic carbocycles. The predicted molar refractivity (Wildman–Crippen MR) is 32.3 cm³/mol. The van der Waals surface area contributed by atoms with Crippen molar-refractivity contribution >= 4 is 12.4 Å². The van der Waals surface area contributed by atoms with Gasteiger partial charge in [-0.15, -0.1) is 12.4 Å². The first-order valence-electron chi connectivity index (χ1n) is 2.58. The van der Waals surface area contributed by atoms with Crippen LogP contribution < -0.4 is 5.73 Å². The third kappa shape index (κ3) is 2.60. The molecule has 0 saturated carbocycles. The van der Waals surface area contributed by atoms with E-state index in [2.05, 4.69) is 5.73 Å². The highest BCUT2D eigenvalue weighted by atomic mass is 35.5. The van der Waals surface area contributed by atoms with Crippen LogP contribution in [0.15, 0.2) is 0 Å². The quantitative estimate of drug-likeness (QED) is 0.693. The first kappa shape index (κ1) is 15.2. The Labute approximate surface area is 74.5 Å². The molecule has 0 radical (unpaired) electrons. The van der Waals surface area contributed by atoms with Crippen molar-refractivity contribution in [1.29, 1.82) is 0 Å². The topological polar surface area (TPSA) is 26.0 Å². The number of alkyl halides is 7. The van der Waals surface area contributed by atoms with Gasteiger partial charge in [0, 0.05) is 6.54 Å². The maximum absolute atomic E-state index is 12.2. The summed E-state index contributed by atoms with van der Waals surface area (Å²) in [6.45, 7) is -2.17. The number of rotatable bonds is 1. The van der Waals surface area contributed by atoms with E-state index in [-0.39, 0.29) is 12.4 Å². The third-order valence-corrected chi connectivity index (χ3v) is 1.18. The average molecular weight is 236 g/mol. The van der Waals surface area contributed by atoms with Crippen LogP contribution in [0.3, 0.4) is 0 Å². The summed E-state index contributed by atoms with van der Waals surface area (Å²) < 4.78 is 80.7. The number of halogens is 8. The van der Waals surface area contributed by atoms with Gasteiger partial charge in [0.1, 0.15) is 0 Å². The maximum Gasteiger partial charge on any atom is 0.432 e. The zero-order valence-corrected chi connectivity index (χ0v) is 6.65. The van der Waals surface area contributed by atoms with E-state index in [1.165, 1.54) is 0 Å². The van der Waals surface area contributed by atoms with Crippen LogP contribution in [0.1, 0.15) is 0 Å². The van der Waals surface area contributed by atoms with Crippen molar-refractivity contribution in [2.75, 3.05) is 6.54 Å². The molecule has 0 aromatic rings. The smallest absolute Gasteiger partial charge is 0.327 e. The lowest BCUT2D eigenvalue weighted by Crippen LogP contribution is -2.57. The van der Waals surface area contributed by atoms with Crippen LogP contribution in [-0.2, 0) is 0 Å². The first-order chi connectivity index (χ1) is 5.06. The minimum Gasteiger partial charge on any atom is -0.327 e. The highest BCUT2D eigenvalue weighted by Crippen LogP contribution is 2.45. The molecular weight excluding hydrogens is 230 g/mol. The molecule has 0 aromatic carbocycles. The van der Waals surface area contributed by atoms with Gasteiger partial charge in [0.05, 0.1) is 0 Å². The Balaban J connectivity index is 0. The van der Waals surface area contributed by atoms with Gasteiger partial charge >= 0.3 is 18.0 Å². The van der Waals surface area contributed by atoms with E-state index in [4.69, 9.17) is 0 Å². The molecule has 0 bridgehead atoms. The summed E-state index contributed by atoms with van der Waals surface area (Å²) in [5.74, 6) is 0. The van der Waals surface area contributed by atoms with Gasteiger partial charge in [-0.25, -0.2) is 4.39 Å². The molecule has 0 amide bonds. The van der Waals surface area contributed by atoms with Gasteiger partial charge in [0.25, 0.3) is 0 Å². The second kappa shape index (κ2) is 3.87. The van der Waals surface area contributed by atoms with Crippen molar-refractivity contribution in [2.24, 2.45) is 5.73 Å². The summed E-state index contributed by atoms with van der Waals surface area (Å²) in [5.41, 5.74) is -1.24. The van der Waals surface area contributed by atoms with Gasteiger partial charge in [-0.05, 0) is 0 Å². The molecule has 1 nitrogen and oxygen atoms in total. The van der Waals surface area contributed by atoms with Crippen molar-refractivity contribution in [1.82, 2.24) is 0 Å². The third-order valence-electron chi connectivity index (χ3n) is 1.18. The Hall–Kier alpha value is -0.240. The van der Waals surface area contributed by atoms with Crippen LogP contribution in [0.5, 0.6) is 0 Å². The van der Waals surface area contributed by atoms with Gasteiger partial charge in [-0.2, -0.15) is 26.3 Å². The summed E-state index contributed by atoms with van der Waals surface area (Å²) in [6, 6.07) is 0. The van der Waals surface area contributed by atoms with Gasteiger partial charge in [0.15, 0.2) is 0 Å². The van der Waals surface area contributed by atoms with Crippen LogP contribution in [-0.4, -0.2) is 24.6 Å². The Bertz CT molecular complexity index is 147. The lowest BCUT2D eigenvalue weighted by Gasteiger charge is -2.28. The molecule has 0 atom stereocenters. The Kier molecular flexibility index (Phi) is 4.54. The molecule has 0 fully saturated rings. The molecule has 9 heteroatoms. The van der Waals surface area contributed by atoms with Crippen molar-refractivity contribution in [3.8, 4) is 0 Å². The van der Waals surface area contributed by atoms with Crippen LogP contribution >= 0.6 is 12.4 Å². The molecule has 0 aliphatic rings. The molecular formula is C4H5ClF7N. The highest BCUT2D eigenvalue weighted by molar-refractivity contribution is 5.85. The second-order valence-electron chi connectivity index (χ2n) is 2.00. The molecule has 0 rings (SSSR count). The maximum atomic E-state index is 12.2. The second-order valence-corrected chi connectivity index (χ2v) is 2.00. The van der Waals surface area contributed by atoms with Gasteiger partial charge < -0.3 is 5.73 Å². The van der Waals surface area contributed by atoms with Crippen LogP contribution in [0.25, 0.3) is 0 Å². The average Bonchev–Trinajstić information content (AvgIpc) is 1.81. The predicted octanol–water partition coefficient (Wildman–Crippen LogP) is 2.20. The molecule has 0 saturated heterocycles. The summed E-state index contributed by atoms with van der Waals surface area (Å²) >= 11 is 0. The zero-order valence-electron chi connectivity index (χ0n) is 5.84. The fourth-order valence-electron chi connectivity index (χ4n) is 0.392. The van der Waals surface area contributed by atoms with E-state index in [0.29, 0.717) is 0 Å². The SMILES string of the molecule is Cl.NCC(F)(C(F)(F)F)C(F)(F)F. The minimum atomic E-state index is -6.03. The van der Waals surface area contributed by atoms with Gasteiger partial charge in [-0.3, -0.25) is 0 Å². The Morgan fingerprint density at radius 1 is 0.769 bits per heavy atom. The van der Waals surface area contributed by atoms with Gasteiger partial charge in [0.2, 0.25) is 0 Å². The molecule has 0 aliphatic heterocycles. The zero-order chi connectivity index (χ0) is 10.2.